The van der Waals surface area contributed by atoms with E-state index in [1.807, 2.05) is 29.2 Å². The highest BCUT2D eigenvalue weighted by atomic mass is 16.5. The smallest absolute Gasteiger partial charge is 0.254 e. The number of fused-ring (bicyclic) bond motifs is 1. The van der Waals surface area contributed by atoms with E-state index < -0.39 is 5.54 Å². The molecule has 5 nitrogen and oxygen atoms in total. The molecule has 1 N–H and O–H groups in total. The van der Waals surface area contributed by atoms with Gasteiger partial charge in [0, 0.05) is 25.3 Å². The molecule has 4 rings (SSSR count). The zero-order valence-corrected chi connectivity index (χ0v) is 16.2. The molecule has 3 aliphatic rings. The van der Waals surface area contributed by atoms with E-state index in [4.69, 9.17) is 4.74 Å². The highest BCUT2D eigenvalue weighted by Crippen LogP contribution is 2.50. The van der Waals surface area contributed by atoms with Gasteiger partial charge in [0.2, 0.25) is 5.91 Å². The lowest BCUT2D eigenvalue weighted by molar-refractivity contribution is -0.127. The van der Waals surface area contributed by atoms with Crippen molar-refractivity contribution in [1.29, 1.82) is 0 Å². The SMILES string of the molecule is COCCN1C(=O)c2ccccc2[C@H](C(=O)NC2CCCC2)C12CCCC2. The van der Waals surface area contributed by atoms with E-state index in [0.29, 0.717) is 18.7 Å². The van der Waals surface area contributed by atoms with Crippen molar-refractivity contribution >= 4 is 11.8 Å². The van der Waals surface area contributed by atoms with E-state index in [9.17, 15) is 9.59 Å². The largest absolute Gasteiger partial charge is 0.383 e. The van der Waals surface area contributed by atoms with Gasteiger partial charge in [-0.25, -0.2) is 0 Å². The number of rotatable bonds is 5. The first-order valence-corrected chi connectivity index (χ1v) is 10.4. The van der Waals surface area contributed by atoms with E-state index >= 15 is 0 Å². The molecule has 0 aromatic heterocycles. The molecular weight excluding hydrogens is 340 g/mol. The molecule has 0 radical (unpaired) electrons. The van der Waals surface area contributed by atoms with Gasteiger partial charge in [0.15, 0.2) is 0 Å². The van der Waals surface area contributed by atoms with Gasteiger partial charge in [0.25, 0.3) is 5.91 Å². The molecular formula is C22H30N2O3. The molecule has 27 heavy (non-hydrogen) atoms. The van der Waals surface area contributed by atoms with Crippen LogP contribution in [0.2, 0.25) is 0 Å². The van der Waals surface area contributed by atoms with E-state index in [1.165, 1.54) is 12.8 Å². The molecule has 1 heterocycles. The number of methoxy groups -OCH3 is 1. The van der Waals surface area contributed by atoms with Crippen molar-refractivity contribution in [2.75, 3.05) is 20.3 Å². The second-order valence-corrected chi connectivity index (χ2v) is 8.27. The number of carbonyl (C=O) groups is 2. The molecule has 2 amide bonds. The summed E-state index contributed by atoms with van der Waals surface area (Å²) in [6.07, 6.45) is 8.42. The molecule has 2 fully saturated rings. The van der Waals surface area contributed by atoms with Gasteiger partial charge >= 0.3 is 0 Å². The molecule has 0 unspecified atom stereocenters. The molecule has 1 spiro atoms. The van der Waals surface area contributed by atoms with Gasteiger partial charge < -0.3 is 15.0 Å². The van der Waals surface area contributed by atoms with Gasteiger partial charge in [0.1, 0.15) is 0 Å². The third-order valence-electron chi connectivity index (χ3n) is 6.77. The Morgan fingerprint density at radius 3 is 2.59 bits per heavy atom. The molecule has 0 bridgehead atoms. The quantitative estimate of drug-likeness (QED) is 0.866. The molecule has 1 aromatic carbocycles. The number of nitrogens with one attached hydrogen (secondary N) is 1. The average Bonchev–Trinajstić information content (AvgIpc) is 3.35. The molecule has 2 saturated carbocycles. The topological polar surface area (TPSA) is 58.6 Å². The van der Waals surface area contributed by atoms with Crippen LogP contribution in [-0.4, -0.2) is 48.6 Å². The lowest BCUT2D eigenvalue weighted by atomic mass is 9.71. The van der Waals surface area contributed by atoms with Crippen LogP contribution in [0.1, 0.15) is 73.2 Å². The van der Waals surface area contributed by atoms with E-state index in [-0.39, 0.29) is 23.8 Å². The molecule has 146 valence electrons. The number of nitrogens with zero attached hydrogens (tertiary/aromatic N) is 1. The normalized spacial score (nSPS) is 24.4. The van der Waals surface area contributed by atoms with Crippen LogP contribution < -0.4 is 5.32 Å². The summed E-state index contributed by atoms with van der Waals surface area (Å²) in [5.74, 6) is -0.132. The minimum atomic E-state index is -0.410. The van der Waals surface area contributed by atoms with Gasteiger partial charge in [-0.3, -0.25) is 9.59 Å². The van der Waals surface area contributed by atoms with Crippen molar-refractivity contribution in [2.45, 2.75) is 68.9 Å². The maximum Gasteiger partial charge on any atom is 0.254 e. The summed E-state index contributed by atoms with van der Waals surface area (Å²) in [5.41, 5.74) is 1.18. The highest BCUT2D eigenvalue weighted by molar-refractivity contribution is 6.02. The number of carbonyl (C=O) groups excluding carboxylic acids is 2. The maximum atomic E-state index is 13.5. The van der Waals surface area contributed by atoms with Gasteiger partial charge in [-0.1, -0.05) is 43.9 Å². The lowest BCUT2D eigenvalue weighted by Crippen LogP contribution is -2.61. The monoisotopic (exact) mass is 370 g/mol. The van der Waals surface area contributed by atoms with Gasteiger partial charge in [-0.2, -0.15) is 0 Å². The van der Waals surface area contributed by atoms with Gasteiger partial charge in [-0.15, -0.1) is 0 Å². The summed E-state index contributed by atoms with van der Waals surface area (Å²) in [7, 11) is 1.66. The zero-order valence-electron chi connectivity index (χ0n) is 16.2. The first kappa shape index (κ1) is 18.5. The predicted octanol–water partition coefficient (Wildman–Crippen LogP) is 3.24. The number of hydrogen-bond donors (Lipinski definition) is 1. The van der Waals surface area contributed by atoms with Crippen molar-refractivity contribution in [3.8, 4) is 0 Å². The van der Waals surface area contributed by atoms with E-state index in [0.717, 1.165) is 44.1 Å². The number of amides is 2. The van der Waals surface area contributed by atoms with Crippen molar-refractivity contribution < 1.29 is 14.3 Å². The second-order valence-electron chi connectivity index (χ2n) is 8.27. The van der Waals surface area contributed by atoms with Crippen LogP contribution in [0.25, 0.3) is 0 Å². The van der Waals surface area contributed by atoms with Gasteiger partial charge in [0.05, 0.1) is 18.1 Å². The van der Waals surface area contributed by atoms with Crippen molar-refractivity contribution in [2.24, 2.45) is 0 Å². The van der Waals surface area contributed by atoms with Crippen LogP contribution in [0, 0.1) is 0 Å². The summed E-state index contributed by atoms with van der Waals surface area (Å²) in [5, 5.41) is 3.32. The lowest BCUT2D eigenvalue weighted by Gasteiger charge is -2.50. The Balaban J connectivity index is 1.75. The Labute approximate surface area is 161 Å². The number of benzene rings is 1. The first-order valence-electron chi connectivity index (χ1n) is 10.4. The third-order valence-corrected chi connectivity index (χ3v) is 6.77. The standard InChI is InChI=1S/C22H30N2O3/c1-27-15-14-24-21(26)18-11-5-4-10-17(18)19(22(24)12-6-7-13-22)20(25)23-16-8-2-3-9-16/h4-5,10-11,16,19H,2-3,6-9,12-15H2,1H3,(H,23,25)/t19-/m1/s1. The van der Waals surface area contributed by atoms with Crippen LogP contribution in [-0.2, 0) is 9.53 Å². The minimum absolute atomic E-state index is 0.0504. The van der Waals surface area contributed by atoms with Crippen molar-refractivity contribution in [3.63, 3.8) is 0 Å². The number of hydrogen-bond acceptors (Lipinski definition) is 3. The minimum Gasteiger partial charge on any atom is -0.383 e. The summed E-state index contributed by atoms with van der Waals surface area (Å²) in [6.45, 7) is 1.03. The summed E-state index contributed by atoms with van der Waals surface area (Å²) < 4.78 is 5.29. The number of ether oxygens (including phenoxy) is 1. The predicted molar refractivity (Wildman–Crippen MR) is 104 cm³/mol. The Morgan fingerprint density at radius 2 is 1.89 bits per heavy atom. The van der Waals surface area contributed by atoms with Crippen LogP contribution >= 0.6 is 0 Å². The first-order chi connectivity index (χ1) is 13.2. The molecule has 1 atom stereocenters. The average molecular weight is 370 g/mol. The summed E-state index contributed by atoms with van der Waals surface area (Å²) in [6, 6.07) is 7.99. The van der Waals surface area contributed by atoms with Gasteiger partial charge in [-0.05, 0) is 37.3 Å². The fourth-order valence-electron chi connectivity index (χ4n) is 5.53. The Hall–Kier alpha value is -1.88. The van der Waals surface area contributed by atoms with Crippen LogP contribution in [0.5, 0.6) is 0 Å². The van der Waals surface area contributed by atoms with Crippen LogP contribution in [0.3, 0.4) is 0 Å². The fraction of sp³-hybridized carbons (Fsp3) is 0.636. The Morgan fingerprint density at radius 1 is 1.19 bits per heavy atom. The molecule has 1 aliphatic heterocycles. The summed E-state index contributed by atoms with van der Waals surface area (Å²) >= 11 is 0. The summed E-state index contributed by atoms with van der Waals surface area (Å²) in [4.78, 5) is 28.8. The maximum absolute atomic E-state index is 13.5. The highest BCUT2D eigenvalue weighted by Gasteiger charge is 2.55. The Bertz CT molecular complexity index is 705. The Kier molecular flexibility index (Phi) is 5.22. The second kappa shape index (κ2) is 7.63. The molecule has 2 aliphatic carbocycles. The fourth-order valence-corrected chi connectivity index (χ4v) is 5.53. The van der Waals surface area contributed by atoms with Crippen LogP contribution in [0.4, 0.5) is 0 Å². The van der Waals surface area contributed by atoms with Crippen molar-refractivity contribution in [3.05, 3.63) is 35.4 Å². The van der Waals surface area contributed by atoms with Crippen LogP contribution in [0.15, 0.2) is 24.3 Å². The zero-order chi connectivity index (χ0) is 18.9. The van der Waals surface area contributed by atoms with E-state index in [2.05, 4.69) is 5.32 Å². The molecule has 1 aromatic rings. The van der Waals surface area contributed by atoms with E-state index in [1.54, 1.807) is 7.11 Å². The molecule has 0 saturated heterocycles. The molecule has 5 heteroatoms. The third kappa shape index (κ3) is 3.16. The van der Waals surface area contributed by atoms with Crippen molar-refractivity contribution in [1.82, 2.24) is 10.2 Å².